The van der Waals surface area contributed by atoms with E-state index in [-0.39, 0.29) is 16.3 Å². The van der Waals surface area contributed by atoms with Gasteiger partial charge in [-0.05, 0) is 87.4 Å². The quantitative estimate of drug-likeness (QED) is 0.108. The third kappa shape index (κ3) is 3.32. The van der Waals surface area contributed by atoms with Gasteiger partial charge in [0.2, 0.25) is 0 Å². The van der Waals surface area contributed by atoms with Crippen molar-refractivity contribution in [2.24, 2.45) is 0 Å². The first-order valence-corrected chi connectivity index (χ1v) is 15.3. The zero-order valence-corrected chi connectivity index (χ0v) is 26.1. The molecule has 224 valence electrons. The summed E-state index contributed by atoms with van der Waals surface area (Å²) < 4.78 is 36.0. The van der Waals surface area contributed by atoms with Crippen LogP contribution >= 0.6 is 15.9 Å². The van der Waals surface area contributed by atoms with Crippen LogP contribution in [0.3, 0.4) is 0 Å². The van der Waals surface area contributed by atoms with E-state index < -0.39 is 23.7 Å². The molecule has 0 unspecified atom stereocenters. The molecule has 3 heterocycles. The molecule has 9 rings (SSSR count). The lowest BCUT2D eigenvalue weighted by molar-refractivity contribution is -0.385. The van der Waals surface area contributed by atoms with Gasteiger partial charge in [-0.15, -0.1) is 0 Å². The average molecular weight is 669 g/mol. The van der Waals surface area contributed by atoms with Crippen molar-refractivity contribution in [3.8, 4) is 0 Å². The molecule has 0 radical (unpaired) electrons. The average Bonchev–Trinajstić information content (AvgIpc) is 3.44. The molecular formula is C33H24BBrF2N4O4. The molecule has 3 aromatic carbocycles. The Labute approximate surface area is 264 Å². The molecule has 0 amide bonds. The minimum Gasteiger partial charge on any atom is -0.393 e. The van der Waals surface area contributed by atoms with Gasteiger partial charge in [0.05, 0.1) is 19.9 Å². The Hall–Kier alpha value is -4.71. The zero-order chi connectivity index (χ0) is 31.9. The summed E-state index contributed by atoms with van der Waals surface area (Å²) in [7, 11) is 0. The molecule has 4 aromatic rings. The second kappa shape index (κ2) is 8.94. The SMILES string of the molecule is CC1=C(Br)C(C)=[N+]2C1=C(c1cccc3c1[C@H]1c4cc([N+](=O)[O-])ccc4[C@@H]3c3c1cccc3[N+](=O)[O-])c1c(C)cc(C)n1[B-]2(F)F. The number of halogens is 3. The first-order chi connectivity index (χ1) is 21.4. The fraction of sp³-hybridized carbons (Fsp3) is 0.182. The molecule has 2 bridgehead atoms. The standard InChI is InChI=1S/C33H24BBrF2N4O4/c1-15-13-16(2)38-32(15)30(33-17(3)31(35)18(4)39(33)34(38,36)37)23-8-5-7-21-26-20-12-11-19(40(42)43)14-24(20)28(27(21)23)22-9-6-10-25(29(22)26)41(44)45/h5-14,26,28H,1-4H3/t26-,28+/m0/s1. The number of nitrogens with zero attached hydrogens (tertiary/aromatic N) is 4. The molecule has 0 spiro atoms. The van der Waals surface area contributed by atoms with Crippen LogP contribution in [-0.4, -0.2) is 31.5 Å². The van der Waals surface area contributed by atoms with Gasteiger partial charge in [0.15, 0.2) is 5.70 Å². The summed E-state index contributed by atoms with van der Waals surface area (Å²) in [6, 6.07) is 17.2. The van der Waals surface area contributed by atoms with E-state index in [2.05, 4.69) is 15.9 Å². The first kappa shape index (κ1) is 27.8. The number of nitro groups is 2. The van der Waals surface area contributed by atoms with Crippen molar-refractivity contribution in [2.45, 2.75) is 39.5 Å². The molecule has 1 aromatic heterocycles. The van der Waals surface area contributed by atoms with Gasteiger partial charge in [0.1, 0.15) is 5.71 Å². The highest BCUT2D eigenvalue weighted by Crippen LogP contribution is 2.60. The molecule has 12 heteroatoms. The highest BCUT2D eigenvalue weighted by molar-refractivity contribution is 9.12. The Morgan fingerprint density at radius 3 is 2.20 bits per heavy atom. The lowest BCUT2D eigenvalue weighted by atomic mass is 9.59. The van der Waals surface area contributed by atoms with Crippen molar-refractivity contribution in [1.82, 2.24) is 4.48 Å². The number of aryl methyl sites for hydroxylation is 2. The van der Waals surface area contributed by atoms with E-state index >= 15 is 8.63 Å². The smallest absolute Gasteiger partial charge is 0.393 e. The summed E-state index contributed by atoms with van der Waals surface area (Å²) in [5.74, 6) is -1.16. The van der Waals surface area contributed by atoms with Crippen molar-refractivity contribution in [1.29, 1.82) is 0 Å². The van der Waals surface area contributed by atoms with Gasteiger partial charge in [-0.2, -0.15) is 0 Å². The van der Waals surface area contributed by atoms with Gasteiger partial charge in [-0.25, -0.2) is 0 Å². The van der Waals surface area contributed by atoms with Crippen LogP contribution in [0.15, 0.2) is 76.4 Å². The normalized spacial score (nSPS) is 20.2. The molecule has 3 aliphatic carbocycles. The van der Waals surface area contributed by atoms with Crippen molar-refractivity contribution >= 4 is 45.6 Å². The van der Waals surface area contributed by atoms with E-state index in [1.54, 1.807) is 38.1 Å². The van der Waals surface area contributed by atoms with Crippen molar-refractivity contribution in [3.63, 3.8) is 0 Å². The van der Waals surface area contributed by atoms with Gasteiger partial charge >= 0.3 is 6.97 Å². The second-order valence-corrected chi connectivity index (χ2v) is 13.0. The summed E-state index contributed by atoms with van der Waals surface area (Å²) >= 11 is 3.58. The van der Waals surface area contributed by atoms with Gasteiger partial charge in [0.25, 0.3) is 11.4 Å². The fourth-order valence-electron chi connectivity index (χ4n) is 8.36. The third-order valence-corrected chi connectivity index (χ3v) is 11.1. The van der Waals surface area contributed by atoms with Crippen LogP contribution in [0.25, 0.3) is 5.57 Å². The maximum Gasteiger partial charge on any atom is 0.737 e. The maximum atomic E-state index is 16.6. The minimum absolute atomic E-state index is 0.0140. The first-order valence-electron chi connectivity index (χ1n) is 14.5. The fourth-order valence-corrected chi connectivity index (χ4v) is 8.74. The van der Waals surface area contributed by atoms with E-state index in [0.717, 1.165) is 31.2 Å². The second-order valence-electron chi connectivity index (χ2n) is 12.2. The van der Waals surface area contributed by atoms with Crippen LogP contribution in [-0.2, 0) is 0 Å². The van der Waals surface area contributed by atoms with E-state index in [0.29, 0.717) is 60.7 Å². The topological polar surface area (TPSA) is 94.2 Å². The van der Waals surface area contributed by atoms with Gasteiger partial charge in [0, 0.05) is 53.8 Å². The number of hydrogen-bond donors (Lipinski definition) is 0. The Bertz CT molecular complexity index is 2230. The highest BCUT2D eigenvalue weighted by Gasteiger charge is 2.57. The van der Waals surface area contributed by atoms with Crippen LogP contribution in [0.5, 0.6) is 0 Å². The van der Waals surface area contributed by atoms with Crippen LogP contribution in [0.2, 0.25) is 0 Å². The number of aromatic nitrogens is 1. The van der Waals surface area contributed by atoms with Crippen LogP contribution in [0.1, 0.15) is 81.6 Å². The van der Waals surface area contributed by atoms with Gasteiger partial charge in [-0.1, -0.05) is 36.4 Å². The molecule has 45 heavy (non-hydrogen) atoms. The summed E-state index contributed by atoms with van der Waals surface area (Å²) in [6.07, 6.45) is 0. The molecule has 5 aliphatic rings. The Morgan fingerprint density at radius 1 is 0.844 bits per heavy atom. The molecule has 0 saturated carbocycles. The molecule has 0 saturated heterocycles. The van der Waals surface area contributed by atoms with E-state index in [9.17, 15) is 20.2 Å². The Balaban J connectivity index is 1.52. The van der Waals surface area contributed by atoms with Crippen molar-refractivity contribution in [2.75, 3.05) is 0 Å². The van der Waals surface area contributed by atoms with E-state index in [4.69, 9.17) is 0 Å². The number of hydrogen-bond acceptors (Lipinski definition) is 4. The van der Waals surface area contributed by atoms with Crippen LogP contribution in [0.4, 0.5) is 20.0 Å². The van der Waals surface area contributed by atoms with E-state index in [1.165, 1.54) is 12.1 Å². The number of nitro benzene ring substituents is 2. The van der Waals surface area contributed by atoms with Crippen LogP contribution < -0.4 is 0 Å². The lowest BCUT2D eigenvalue weighted by Gasteiger charge is -2.43. The Kier molecular flexibility index (Phi) is 5.52. The highest BCUT2D eigenvalue weighted by atomic mass is 79.9. The van der Waals surface area contributed by atoms with Crippen molar-refractivity contribution in [3.05, 3.63) is 153 Å². The Morgan fingerprint density at radius 2 is 1.51 bits per heavy atom. The summed E-state index contributed by atoms with van der Waals surface area (Å²) in [5.41, 5.74) is 8.71. The minimum atomic E-state index is -4.23. The predicted molar refractivity (Wildman–Crippen MR) is 170 cm³/mol. The molecule has 2 aliphatic heterocycles. The number of allylic oxidation sites excluding steroid dienone is 2. The number of non-ortho nitro benzene ring substituents is 1. The molecule has 8 nitrogen and oxygen atoms in total. The summed E-state index contributed by atoms with van der Waals surface area (Å²) in [6.45, 7) is 2.79. The van der Waals surface area contributed by atoms with E-state index in [1.807, 2.05) is 38.1 Å². The number of rotatable bonds is 3. The molecular weight excluding hydrogens is 645 g/mol. The largest absolute Gasteiger partial charge is 0.737 e. The predicted octanol–water partition coefficient (Wildman–Crippen LogP) is 8.06. The number of fused-ring (bicyclic) bond motifs is 2. The summed E-state index contributed by atoms with van der Waals surface area (Å²) in [5, 5.41) is 24.2. The van der Waals surface area contributed by atoms with Gasteiger partial charge < -0.3 is 17.6 Å². The van der Waals surface area contributed by atoms with Crippen LogP contribution in [0, 0.1) is 34.1 Å². The number of benzene rings is 3. The monoisotopic (exact) mass is 668 g/mol. The zero-order valence-electron chi connectivity index (χ0n) is 24.6. The summed E-state index contributed by atoms with van der Waals surface area (Å²) in [4.78, 5) is 23.4. The molecule has 0 fully saturated rings. The third-order valence-electron chi connectivity index (χ3n) is 9.94. The lowest BCUT2D eigenvalue weighted by Crippen LogP contribution is -2.51. The maximum absolute atomic E-state index is 16.6. The molecule has 0 N–H and O–H groups in total. The van der Waals surface area contributed by atoms with Gasteiger partial charge in [-0.3, -0.25) is 20.2 Å². The molecule has 2 atom stereocenters. The van der Waals surface area contributed by atoms with Crippen molar-refractivity contribution < 1.29 is 23.0 Å².